The van der Waals surface area contributed by atoms with Gasteiger partial charge in [-0.3, -0.25) is 4.79 Å². The van der Waals surface area contributed by atoms with Crippen molar-refractivity contribution in [3.05, 3.63) is 47.7 Å². The van der Waals surface area contributed by atoms with Crippen LogP contribution in [-0.4, -0.2) is 12.1 Å². The van der Waals surface area contributed by atoms with Crippen molar-refractivity contribution >= 4 is 23.9 Å². The van der Waals surface area contributed by atoms with E-state index in [-0.39, 0.29) is 5.91 Å². The van der Waals surface area contributed by atoms with Gasteiger partial charge in [-0.1, -0.05) is 29.5 Å². The fraction of sp³-hybridized carbons (Fsp3) is 0.143. The Kier molecular flexibility index (Phi) is 4.41. The number of carbonyl (C=O) groups excluding carboxylic acids is 1. The number of hydrogen-bond acceptors (Lipinski definition) is 4. The van der Waals surface area contributed by atoms with Gasteiger partial charge in [0.05, 0.1) is 6.21 Å². The van der Waals surface area contributed by atoms with Crippen LogP contribution in [0.1, 0.15) is 18.2 Å². The Balaban J connectivity index is 1.99. The third-order valence-electron chi connectivity index (χ3n) is 2.26. The lowest BCUT2D eigenvalue weighted by Gasteiger charge is -1.98. The Morgan fingerprint density at radius 1 is 1.26 bits per heavy atom. The molecular weight excluding hydrogens is 260 g/mol. The monoisotopic (exact) mass is 274 g/mol. The minimum absolute atomic E-state index is 0.211. The summed E-state index contributed by atoms with van der Waals surface area (Å²) in [7, 11) is 0. The van der Waals surface area contributed by atoms with Crippen molar-refractivity contribution in [2.24, 2.45) is 5.10 Å². The van der Waals surface area contributed by atoms with Gasteiger partial charge in [-0.05, 0) is 31.2 Å². The molecule has 0 aliphatic carbocycles. The average Bonchev–Trinajstić information content (AvgIpc) is 2.79. The number of amides is 1. The summed E-state index contributed by atoms with van der Waals surface area (Å²) < 4.78 is 5.56. The highest BCUT2D eigenvalue weighted by atomic mass is 32.2. The van der Waals surface area contributed by atoms with Crippen LogP contribution in [-0.2, 0) is 4.79 Å². The van der Waals surface area contributed by atoms with Crippen molar-refractivity contribution < 1.29 is 9.21 Å². The number of nitrogens with one attached hydrogen (secondary N) is 1. The summed E-state index contributed by atoms with van der Waals surface area (Å²) in [5.74, 6) is 0.389. The summed E-state index contributed by atoms with van der Waals surface area (Å²) in [6.45, 7) is 3.45. The predicted octanol–water partition coefficient (Wildman–Crippen LogP) is 3.21. The van der Waals surface area contributed by atoms with Crippen molar-refractivity contribution in [2.45, 2.75) is 23.8 Å². The first-order valence-electron chi connectivity index (χ1n) is 5.77. The van der Waals surface area contributed by atoms with Crippen LogP contribution >= 0.6 is 11.8 Å². The summed E-state index contributed by atoms with van der Waals surface area (Å²) in [4.78, 5) is 11.8. The number of hydrogen-bond donors (Lipinski definition) is 1. The first kappa shape index (κ1) is 13.4. The number of rotatable bonds is 4. The van der Waals surface area contributed by atoms with Gasteiger partial charge in [-0.2, -0.15) is 5.10 Å². The molecule has 0 saturated carbocycles. The van der Waals surface area contributed by atoms with Gasteiger partial charge in [-0.15, -0.1) is 0 Å². The van der Waals surface area contributed by atoms with Gasteiger partial charge in [0.15, 0.2) is 5.09 Å². The Bertz CT molecular complexity index is 588. The average molecular weight is 274 g/mol. The molecule has 0 unspecified atom stereocenters. The van der Waals surface area contributed by atoms with Gasteiger partial charge in [0.25, 0.3) is 0 Å². The molecule has 2 rings (SSSR count). The van der Waals surface area contributed by atoms with Crippen molar-refractivity contribution in [2.75, 3.05) is 0 Å². The van der Waals surface area contributed by atoms with Gasteiger partial charge in [0.1, 0.15) is 5.76 Å². The number of carbonyl (C=O) groups is 1. The zero-order valence-corrected chi connectivity index (χ0v) is 11.5. The third kappa shape index (κ3) is 4.30. The molecule has 0 saturated heterocycles. The zero-order chi connectivity index (χ0) is 13.7. The molecule has 0 aliphatic heterocycles. The summed E-state index contributed by atoms with van der Waals surface area (Å²) in [6.07, 6.45) is 1.47. The standard InChI is InChI=1S/C14H14N2O2S/c1-10-3-6-13(7-4-10)19-14-8-5-12(18-14)9-15-16-11(2)17/h3-9H,1-2H3,(H,16,17)/b15-9-. The number of aryl methyl sites for hydroxylation is 1. The topological polar surface area (TPSA) is 54.6 Å². The molecule has 2 aromatic rings. The molecule has 0 aliphatic rings. The molecule has 1 aromatic carbocycles. The molecule has 1 N–H and O–H groups in total. The Morgan fingerprint density at radius 2 is 2.00 bits per heavy atom. The van der Waals surface area contributed by atoms with Gasteiger partial charge in [-0.25, -0.2) is 5.43 Å². The Hall–Kier alpha value is -2.01. The van der Waals surface area contributed by atoms with E-state index in [0.717, 1.165) is 9.99 Å². The zero-order valence-electron chi connectivity index (χ0n) is 10.7. The quantitative estimate of drug-likeness (QED) is 0.688. The fourth-order valence-corrected chi connectivity index (χ4v) is 2.15. The van der Waals surface area contributed by atoms with Crippen LogP contribution in [0.5, 0.6) is 0 Å². The molecule has 1 aromatic heterocycles. The van der Waals surface area contributed by atoms with Crippen molar-refractivity contribution in [1.82, 2.24) is 5.43 Å². The second-order valence-electron chi connectivity index (χ2n) is 4.00. The van der Waals surface area contributed by atoms with Crippen LogP contribution in [0.15, 0.2) is 55.9 Å². The fourth-order valence-electron chi connectivity index (χ4n) is 1.37. The smallest absolute Gasteiger partial charge is 0.236 e. The van der Waals surface area contributed by atoms with E-state index in [2.05, 4.69) is 29.6 Å². The first-order valence-corrected chi connectivity index (χ1v) is 6.59. The predicted molar refractivity (Wildman–Crippen MR) is 75.4 cm³/mol. The summed E-state index contributed by atoms with van der Waals surface area (Å²) in [6, 6.07) is 11.9. The van der Waals surface area contributed by atoms with Gasteiger partial charge in [0.2, 0.25) is 5.91 Å². The van der Waals surface area contributed by atoms with Crippen LogP contribution in [0, 0.1) is 6.92 Å². The first-order chi connectivity index (χ1) is 9.13. The lowest BCUT2D eigenvalue weighted by molar-refractivity contribution is -0.118. The lowest BCUT2D eigenvalue weighted by Crippen LogP contribution is -2.12. The third-order valence-corrected chi connectivity index (χ3v) is 3.18. The van der Waals surface area contributed by atoms with Crippen LogP contribution in [0.25, 0.3) is 0 Å². The molecule has 19 heavy (non-hydrogen) atoms. The highest BCUT2D eigenvalue weighted by Gasteiger charge is 2.02. The van der Waals surface area contributed by atoms with Gasteiger partial charge < -0.3 is 4.42 Å². The van der Waals surface area contributed by atoms with E-state index in [1.807, 2.05) is 24.3 Å². The molecule has 0 radical (unpaired) electrons. The Morgan fingerprint density at radius 3 is 2.68 bits per heavy atom. The summed E-state index contributed by atoms with van der Waals surface area (Å²) in [5, 5.41) is 4.53. The second-order valence-corrected chi connectivity index (χ2v) is 5.08. The molecule has 0 fully saturated rings. The molecular formula is C14H14N2O2S. The van der Waals surface area contributed by atoms with Crippen LogP contribution in [0.4, 0.5) is 0 Å². The largest absolute Gasteiger partial charge is 0.448 e. The number of nitrogens with zero attached hydrogens (tertiary/aromatic N) is 1. The normalized spacial score (nSPS) is 10.8. The molecule has 0 spiro atoms. The second kappa shape index (κ2) is 6.24. The summed E-state index contributed by atoms with van der Waals surface area (Å²) >= 11 is 1.54. The molecule has 5 heteroatoms. The van der Waals surface area contributed by atoms with Crippen LogP contribution in [0.3, 0.4) is 0 Å². The van der Waals surface area contributed by atoms with E-state index in [1.54, 1.807) is 11.8 Å². The minimum atomic E-state index is -0.211. The lowest BCUT2D eigenvalue weighted by atomic mass is 10.2. The maximum Gasteiger partial charge on any atom is 0.236 e. The van der Waals surface area contributed by atoms with E-state index in [9.17, 15) is 4.79 Å². The molecule has 0 atom stereocenters. The van der Waals surface area contributed by atoms with Crippen LogP contribution < -0.4 is 5.43 Å². The molecule has 98 valence electrons. The number of furan rings is 1. The van der Waals surface area contributed by atoms with Crippen molar-refractivity contribution in [3.8, 4) is 0 Å². The van der Waals surface area contributed by atoms with E-state index in [0.29, 0.717) is 5.76 Å². The Labute approximate surface area is 115 Å². The van der Waals surface area contributed by atoms with E-state index >= 15 is 0 Å². The number of benzene rings is 1. The highest BCUT2D eigenvalue weighted by molar-refractivity contribution is 7.99. The summed E-state index contributed by atoms with van der Waals surface area (Å²) in [5.41, 5.74) is 3.55. The van der Waals surface area contributed by atoms with E-state index < -0.39 is 0 Å². The van der Waals surface area contributed by atoms with Crippen molar-refractivity contribution in [3.63, 3.8) is 0 Å². The maximum atomic E-state index is 10.6. The molecule has 1 amide bonds. The van der Waals surface area contributed by atoms with Gasteiger partial charge in [0, 0.05) is 11.8 Å². The maximum absolute atomic E-state index is 10.6. The van der Waals surface area contributed by atoms with Crippen LogP contribution in [0.2, 0.25) is 0 Å². The van der Waals surface area contributed by atoms with E-state index in [1.165, 1.54) is 18.7 Å². The van der Waals surface area contributed by atoms with E-state index in [4.69, 9.17) is 4.42 Å². The molecule has 1 heterocycles. The minimum Gasteiger partial charge on any atom is -0.448 e. The molecule has 4 nitrogen and oxygen atoms in total. The van der Waals surface area contributed by atoms with Gasteiger partial charge >= 0.3 is 0 Å². The van der Waals surface area contributed by atoms with Crippen molar-refractivity contribution in [1.29, 1.82) is 0 Å². The highest BCUT2D eigenvalue weighted by Crippen LogP contribution is 2.28. The SMILES string of the molecule is CC(=O)N/N=C\c1ccc(Sc2ccc(C)cc2)o1. The number of hydrazone groups is 1. The molecule has 0 bridgehead atoms.